The van der Waals surface area contributed by atoms with Gasteiger partial charge >= 0.3 is 6.61 Å². The lowest BCUT2D eigenvalue weighted by Gasteiger charge is -2.35. The largest absolute Gasteiger partial charge is 0.433 e. The van der Waals surface area contributed by atoms with Gasteiger partial charge in [0, 0.05) is 18.2 Å². The minimum atomic E-state index is -2.97. The Hall–Kier alpha value is -4.28. The zero-order chi connectivity index (χ0) is 24.4. The van der Waals surface area contributed by atoms with Crippen LogP contribution in [0.4, 0.5) is 13.2 Å². The standard InChI is InChI=1S/C24H19F3N6O2/c25-17-5-1-2-7-20(17)33-21(14-11-15(12-14)30-23(34)19-6-3-4-10-28-19)31-32-22(33)18-9-8-16(13-29-18)35-24(26)27/h1-10,13-15,24H,11-12H2,(H,30,34). The number of carbonyl (C=O) groups excluding carboxylic acids is 1. The lowest BCUT2D eigenvalue weighted by molar-refractivity contribution is -0.0500. The molecule has 1 aliphatic carbocycles. The molecule has 0 bridgehead atoms. The van der Waals surface area contributed by atoms with Crippen molar-refractivity contribution in [2.75, 3.05) is 0 Å². The molecule has 1 N–H and O–H groups in total. The number of nitrogens with zero attached hydrogens (tertiary/aromatic N) is 5. The highest BCUT2D eigenvalue weighted by Crippen LogP contribution is 2.39. The van der Waals surface area contributed by atoms with Crippen molar-refractivity contribution in [2.45, 2.75) is 31.4 Å². The van der Waals surface area contributed by atoms with Crippen LogP contribution in [-0.2, 0) is 0 Å². The molecule has 8 nitrogen and oxygen atoms in total. The number of ether oxygens (including phenoxy) is 1. The Morgan fingerprint density at radius 3 is 2.51 bits per heavy atom. The van der Waals surface area contributed by atoms with Crippen molar-refractivity contribution in [1.29, 1.82) is 0 Å². The second-order valence-corrected chi connectivity index (χ2v) is 7.98. The van der Waals surface area contributed by atoms with E-state index < -0.39 is 12.4 Å². The van der Waals surface area contributed by atoms with E-state index in [0.717, 1.165) is 6.20 Å². The first-order valence-electron chi connectivity index (χ1n) is 10.8. The Morgan fingerprint density at radius 1 is 1.03 bits per heavy atom. The maximum absolute atomic E-state index is 14.8. The van der Waals surface area contributed by atoms with Gasteiger partial charge in [-0.15, -0.1) is 10.2 Å². The van der Waals surface area contributed by atoms with Crippen LogP contribution in [0.2, 0.25) is 0 Å². The molecule has 0 radical (unpaired) electrons. The highest BCUT2D eigenvalue weighted by Gasteiger charge is 2.36. The van der Waals surface area contributed by atoms with Crippen LogP contribution in [0.5, 0.6) is 5.75 Å². The molecule has 1 saturated carbocycles. The van der Waals surface area contributed by atoms with Gasteiger partial charge in [-0.2, -0.15) is 8.78 Å². The molecule has 1 fully saturated rings. The maximum Gasteiger partial charge on any atom is 0.387 e. The van der Waals surface area contributed by atoms with Gasteiger partial charge in [0.05, 0.1) is 11.9 Å². The lowest BCUT2D eigenvalue weighted by Crippen LogP contribution is -2.44. The summed E-state index contributed by atoms with van der Waals surface area (Å²) < 4.78 is 45.7. The van der Waals surface area contributed by atoms with Crippen molar-refractivity contribution in [3.8, 4) is 23.0 Å². The maximum atomic E-state index is 14.8. The van der Waals surface area contributed by atoms with Crippen LogP contribution < -0.4 is 10.1 Å². The lowest BCUT2D eigenvalue weighted by atomic mass is 9.79. The molecule has 0 unspecified atom stereocenters. The topological polar surface area (TPSA) is 94.8 Å². The first-order chi connectivity index (χ1) is 17.0. The normalized spacial score (nSPS) is 17.1. The van der Waals surface area contributed by atoms with Gasteiger partial charge in [0.1, 0.15) is 28.8 Å². The van der Waals surface area contributed by atoms with Gasteiger partial charge in [-0.3, -0.25) is 14.3 Å². The van der Waals surface area contributed by atoms with Crippen LogP contribution in [-0.4, -0.2) is 43.3 Å². The van der Waals surface area contributed by atoms with Crippen molar-refractivity contribution in [1.82, 2.24) is 30.0 Å². The first kappa shape index (κ1) is 22.5. The number of pyridine rings is 2. The third-order valence-corrected chi connectivity index (χ3v) is 5.71. The second-order valence-electron chi connectivity index (χ2n) is 7.98. The summed E-state index contributed by atoms with van der Waals surface area (Å²) >= 11 is 0. The Morgan fingerprint density at radius 2 is 1.83 bits per heavy atom. The monoisotopic (exact) mass is 480 g/mol. The number of hydrogen-bond donors (Lipinski definition) is 1. The van der Waals surface area contributed by atoms with Crippen LogP contribution in [0, 0.1) is 5.82 Å². The van der Waals surface area contributed by atoms with Gasteiger partial charge in [0.2, 0.25) is 0 Å². The number of rotatable bonds is 7. The second kappa shape index (κ2) is 9.53. The highest BCUT2D eigenvalue weighted by atomic mass is 19.3. The van der Waals surface area contributed by atoms with Crippen molar-refractivity contribution in [3.05, 3.63) is 84.3 Å². The van der Waals surface area contributed by atoms with Crippen LogP contribution in [0.15, 0.2) is 67.0 Å². The molecule has 1 aliphatic rings. The number of para-hydroxylation sites is 1. The molecule has 3 aromatic heterocycles. The molecule has 3 heterocycles. The average molecular weight is 480 g/mol. The molecule has 11 heteroatoms. The Kier molecular flexibility index (Phi) is 6.13. The molecule has 1 amide bonds. The van der Waals surface area contributed by atoms with Crippen molar-refractivity contribution < 1.29 is 22.7 Å². The molecule has 4 aromatic rings. The van der Waals surface area contributed by atoms with E-state index in [2.05, 4.69) is 30.2 Å². The molecule has 5 rings (SSSR count). The minimum Gasteiger partial charge on any atom is -0.433 e. The predicted octanol–water partition coefficient (Wildman–Crippen LogP) is 4.14. The molecule has 35 heavy (non-hydrogen) atoms. The predicted molar refractivity (Wildman–Crippen MR) is 119 cm³/mol. The SMILES string of the molecule is O=C(NC1CC(c2nnc(-c3ccc(OC(F)F)cn3)n2-c2ccccc2F)C1)c1ccccn1. The van der Waals surface area contributed by atoms with E-state index in [1.807, 2.05) is 0 Å². The average Bonchev–Trinajstić information content (AvgIpc) is 3.26. The quantitative estimate of drug-likeness (QED) is 0.427. The van der Waals surface area contributed by atoms with Gasteiger partial charge in [-0.25, -0.2) is 9.37 Å². The number of alkyl halides is 2. The van der Waals surface area contributed by atoms with E-state index in [0.29, 0.717) is 30.1 Å². The third-order valence-electron chi connectivity index (χ3n) is 5.71. The van der Waals surface area contributed by atoms with E-state index in [9.17, 15) is 18.0 Å². The Labute approximate surface area is 197 Å². The summed E-state index contributed by atoms with van der Waals surface area (Å²) in [6, 6.07) is 14.0. The number of benzene rings is 1. The smallest absolute Gasteiger partial charge is 0.387 e. The van der Waals surface area contributed by atoms with Crippen LogP contribution in [0.1, 0.15) is 35.1 Å². The van der Waals surface area contributed by atoms with E-state index >= 15 is 0 Å². The first-order valence-corrected chi connectivity index (χ1v) is 10.8. The molecule has 0 atom stereocenters. The number of nitrogens with one attached hydrogen (secondary N) is 1. The van der Waals surface area contributed by atoms with E-state index in [1.165, 1.54) is 18.2 Å². The molecule has 0 aliphatic heterocycles. The summed E-state index contributed by atoms with van der Waals surface area (Å²) in [5.74, 6) is -0.164. The molecule has 0 spiro atoms. The molecule has 178 valence electrons. The number of aromatic nitrogens is 5. The van der Waals surface area contributed by atoms with E-state index in [1.54, 1.807) is 47.2 Å². The number of amides is 1. The molecular weight excluding hydrogens is 461 g/mol. The minimum absolute atomic E-state index is 0.0902. The highest BCUT2D eigenvalue weighted by molar-refractivity contribution is 5.92. The summed E-state index contributed by atoms with van der Waals surface area (Å²) in [5.41, 5.74) is 0.879. The summed E-state index contributed by atoms with van der Waals surface area (Å²) in [6.07, 6.45) is 3.87. The molecular formula is C24H19F3N6O2. The van der Waals surface area contributed by atoms with Crippen LogP contribution in [0.25, 0.3) is 17.2 Å². The summed E-state index contributed by atoms with van der Waals surface area (Å²) in [4.78, 5) is 20.6. The van der Waals surface area contributed by atoms with Crippen LogP contribution in [0.3, 0.4) is 0 Å². The van der Waals surface area contributed by atoms with Crippen LogP contribution >= 0.6 is 0 Å². The molecule has 1 aromatic carbocycles. The summed E-state index contributed by atoms with van der Waals surface area (Å²) in [7, 11) is 0. The zero-order valence-corrected chi connectivity index (χ0v) is 18.2. The summed E-state index contributed by atoms with van der Waals surface area (Å²) in [6.45, 7) is -2.97. The van der Waals surface area contributed by atoms with Gasteiger partial charge < -0.3 is 10.1 Å². The van der Waals surface area contributed by atoms with Crippen molar-refractivity contribution in [2.24, 2.45) is 0 Å². The third kappa shape index (κ3) is 4.70. The fraction of sp³-hybridized carbons (Fsp3) is 0.208. The number of halogens is 3. The molecule has 0 saturated heterocycles. The van der Waals surface area contributed by atoms with Gasteiger partial charge in [0.15, 0.2) is 5.82 Å². The summed E-state index contributed by atoms with van der Waals surface area (Å²) in [5, 5.41) is 11.5. The Bertz CT molecular complexity index is 1320. The zero-order valence-electron chi connectivity index (χ0n) is 18.2. The number of carbonyl (C=O) groups is 1. The van der Waals surface area contributed by atoms with Gasteiger partial charge in [-0.05, 0) is 49.2 Å². The van der Waals surface area contributed by atoms with Crippen molar-refractivity contribution >= 4 is 5.91 Å². The van der Waals surface area contributed by atoms with E-state index in [-0.39, 0.29) is 35.1 Å². The van der Waals surface area contributed by atoms with Gasteiger partial charge in [-0.1, -0.05) is 18.2 Å². The van der Waals surface area contributed by atoms with Gasteiger partial charge in [0.25, 0.3) is 5.91 Å². The number of hydrogen-bond acceptors (Lipinski definition) is 6. The fourth-order valence-electron chi connectivity index (χ4n) is 3.99. The Balaban J connectivity index is 1.40. The fourth-order valence-corrected chi connectivity index (χ4v) is 3.99. The van der Waals surface area contributed by atoms with Crippen molar-refractivity contribution in [3.63, 3.8) is 0 Å². The van der Waals surface area contributed by atoms with E-state index in [4.69, 9.17) is 0 Å².